The molecule has 0 aliphatic carbocycles. The zero-order valence-corrected chi connectivity index (χ0v) is 47.1. The predicted octanol–water partition coefficient (Wildman–Crippen LogP) is 9.80. The molecule has 9 rings (SSSR count). The van der Waals surface area contributed by atoms with E-state index in [0.717, 1.165) is 48.5 Å². The molecule has 0 saturated heterocycles. The first kappa shape index (κ1) is 55.7. The third kappa shape index (κ3) is 10.2. The SMILES string of the molecule is O=S(=O)(O)c1ccc(Cl)c(-c2c3nc(c(-c4c(Cl)ccc(S(=O)(=O)O)c4Cl)c4ccc([n-]4)c(-c4c(Cl)ccc(S(=O)(=O)O)c4Cl)c4ccc([n-]4)c(-c4c(Cl)ccc(S(=O)(=O)O)c4Cl)c4nc2C=C4)C=C3)c1Cl.[Na+]. The van der Waals surface area contributed by atoms with E-state index in [-0.39, 0.29) is 139 Å². The monoisotopic (exact) mass is 1230 g/mol. The van der Waals surface area contributed by atoms with Gasteiger partial charge in [0.05, 0.1) is 57.9 Å². The van der Waals surface area contributed by atoms with Crippen LogP contribution in [0.4, 0.5) is 0 Å². The molecule has 8 bridgehead atoms. The Morgan fingerprint density at radius 3 is 0.795 bits per heavy atom. The largest absolute Gasteiger partial charge is 1.00 e. The van der Waals surface area contributed by atoms with Gasteiger partial charge < -0.3 is 9.97 Å². The van der Waals surface area contributed by atoms with Crippen molar-refractivity contribution in [3.05, 3.63) is 136 Å². The fourth-order valence-electron chi connectivity index (χ4n) is 7.96. The molecule has 0 atom stereocenters. The average Bonchev–Trinajstić information content (AvgIpc) is 4.11. The number of hydrogen-bond donors (Lipinski definition) is 4. The Morgan fingerprint density at radius 2 is 0.534 bits per heavy atom. The van der Waals surface area contributed by atoms with Gasteiger partial charge in [0, 0.05) is 32.8 Å². The fraction of sp³-hybridized carbons (Fsp3) is 0. The van der Waals surface area contributed by atoms with Crippen molar-refractivity contribution in [3.63, 3.8) is 0 Å². The smallest absolute Gasteiger partial charge is 0.657 e. The Hall–Kier alpha value is -3.56. The summed E-state index contributed by atoms with van der Waals surface area (Å²) in [6.07, 6.45) is 5.55. The van der Waals surface area contributed by atoms with E-state index >= 15 is 0 Å². The van der Waals surface area contributed by atoms with Crippen molar-refractivity contribution >= 4 is 180 Å². The molecule has 3 aromatic heterocycles. The van der Waals surface area contributed by atoms with Gasteiger partial charge in [-0.3, -0.25) is 18.2 Å². The summed E-state index contributed by atoms with van der Waals surface area (Å²) in [5.41, 5.74) is -2.16. The van der Waals surface area contributed by atoms with Crippen molar-refractivity contribution in [2.45, 2.75) is 19.6 Å². The van der Waals surface area contributed by atoms with Crippen LogP contribution in [-0.2, 0) is 40.5 Å². The second-order valence-electron chi connectivity index (χ2n) is 15.2. The van der Waals surface area contributed by atoms with Crippen LogP contribution < -0.4 is 39.5 Å². The standard InChI is InChI=1S/C44H20Cl8N4O12S4.Na/c45-17-1-13-29(69(57,58)59)41(49)33(17)37-21-5-7-23(53-21)38(34-18(46)2-14-30(42(34)50)70(60,61)62)25-9-11-27(55-25)40(36-20(48)4-16-32(44(36)52)72(66,67)68)28-12-10-26(56-28)39(24-8-6-22(37)54-24)35-19(47)3-15-31(43(35)51)71(63,64)65;/h1-16H,(H,57,58,59)(H,60,61,62)(H,63,64,65)(H,66,67,68);/q-2;+1. The molecule has 73 heavy (non-hydrogen) atoms. The topological polar surface area (TPSA) is 271 Å². The van der Waals surface area contributed by atoms with Crippen LogP contribution in [0.15, 0.2) is 92.4 Å². The van der Waals surface area contributed by atoms with Gasteiger partial charge in [-0.15, -0.1) is 22.1 Å². The number of aromatic nitrogens is 4. The van der Waals surface area contributed by atoms with Crippen LogP contribution in [0.2, 0.25) is 40.2 Å². The number of rotatable bonds is 8. The second-order valence-corrected chi connectivity index (χ2v) is 23.9. The molecule has 0 fully saturated rings. The minimum Gasteiger partial charge on any atom is -0.657 e. The number of benzene rings is 4. The summed E-state index contributed by atoms with van der Waals surface area (Å²) >= 11 is 54.5. The number of fused-ring (bicyclic) bond motifs is 8. The van der Waals surface area contributed by atoms with Gasteiger partial charge in [-0.2, -0.15) is 33.7 Å². The molecule has 2 aliphatic rings. The van der Waals surface area contributed by atoms with E-state index in [2.05, 4.69) is 0 Å². The van der Waals surface area contributed by atoms with E-state index in [9.17, 15) is 51.9 Å². The predicted molar refractivity (Wildman–Crippen MR) is 278 cm³/mol. The number of hydrogen-bond acceptors (Lipinski definition) is 10. The first-order chi connectivity index (χ1) is 33.6. The van der Waals surface area contributed by atoms with Crippen molar-refractivity contribution in [2.75, 3.05) is 0 Å². The molecule has 16 nitrogen and oxygen atoms in total. The average molecular weight is 1230 g/mol. The van der Waals surface area contributed by atoms with Crippen LogP contribution >= 0.6 is 92.8 Å². The number of nitrogens with zero attached hydrogens (tertiary/aromatic N) is 4. The Kier molecular flexibility index (Phi) is 15.3. The zero-order chi connectivity index (χ0) is 52.3. The third-order valence-electron chi connectivity index (χ3n) is 10.9. The summed E-state index contributed by atoms with van der Waals surface area (Å²) in [7, 11) is -20.1. The van der Waals surface area contributed by atoms with Gasteiger partial charge in [0.25, 0.3) is 40.5 Å². The van der Waals surface area contributed by atoms with E-state index in [4.69, 9.17) is 113 Å². The molecule has 0 radical (unpaired) electrons. The molecular formula is C44H20Cl8N4NaO12S4-. The van der Waals surface area contributed by atoms with Crippen molar-refractivity contribution in [1.82, 2.24) is 19.9 Å². The first-order valence-corrected chi connectivity index (χ1v) is 28.3. The fourth-order valence-corrected chi connectivity index (χ4v) is 13.6. The molecule has 5 heterocycles. The molecule has 7 aromatic rings. The van der Waals surface area contributed by atoms with Gasteiger partial charge in [-0.05, 0) is 89.5 Å². The van der Waals surface area contributed by atoms with Gasteiger partial charge in [-0.25, -0.2) is 9.97 Å². The molecule has 2 aliphatic heterocycles. The molecule has 0 spiro atoms. The summed E-state index contributed by atoms with van der Waals surface area (Å²) in [5, 5.41) is -3.17. The summed E-state index contributed by atoms with van der Waals surface area (Å²) in [6.45, 7) is 0. The molecule has 4 N–H and O–H groups in total. The normalized spacial score (nSPS) is 12.9. The Morgan fingerprint density at radius 1 is 0.315 bits per heavy atom. The maximum absolute atomic E-state index is 12.7. The van der Waals surface area contributed by atoms with Gasteiger partial charge in [-0.1, -0.05) is 117 Å². The van der Waals surface area contributed by atoms with Gasteiger partial charge in [0.1, 0.15) is 19.6 Å². The molecule has 29 heteroatoms. The maximum Gasteiger partial charge on any atom is 1.00 e. The Labute approximate surface area is 475 Å². The quantitative estimate of drug-likeness (QED) is 0.0814. The summed E-state index contributed by atoms with van der Waals surface area (Å²) in [4.78, 5) is 16.3. The first-order valence-electron chi connectivity index (χ1n) is 19.5. The molecule has 0 amide bonds. The zero-order valence-electron chi connectivity index (χ0n) is 35.7. The molecule has 4 aromatic carbocycles. The van der Waals surface area contributed by atoms with Crippen molar-refractivity contribution < 1.29 is 81.4 Å². The van der Waals surface area contributed by atoms with Gasteiger partial charge in [0.2, 0.25) is 0 Å². The molecule has 0 saturated carbocycles. The molecular weight excluding hydrogens is 1210 g/mol. The van der Waals surface area contributed by atoms with Crippen molar-refractivity contribution in [1.29, 1.82) is 0 Å². The summed E-state index contributed by atoms with van der Waals surface area (Å²) < 4.78 is 142. The maximum atomic E-state index is 12.7. The number of halogens is 8. The molecule has 370 valence electrons. The van der Waals surface area contributed by atoms with Crippen LogP contribution in [0.1, 0.15) is 22.8 Å². The summed E-state index contributed by atoms with van der Waals surface area (Å²) in [5.74, 6) is 0. The van der Waals surface area contributed by atoms with E-state index in [1.807, 2.05) is 0 Å². The third-order valence-corrected chi connectivity index (χ3v) is 17.8. The Bertz CT molecular complexity index is 4160. The van der Waals surface area contributed by atoms with E-state index in [1.165, 1.54) is 48.6 Å². The minimum atomic E-state index is -5.04. The van der Waals surface area contributed by atoms with Crippen LogP contribution in [0, 0.1) is 0 Å². The molecule has 0 unspecified atom stereocenters. The van der Waals surface area contributed by atoms with Gasteiger partial charge >= 0.3 is 29.6 Å². The summed E-state index contributed by atoms with van der Waals surface area (Å²) in [6, 6.07) is 13.9. The van der Waals surface area contributed by atoms with Crippen LogP contribution in [0.25, 0.3) is 90.9 Å². The second kappa shape index (κ2) is 20.1. The minimum absolute atomic E-state index is 0. The van der Waals surface area contributed by atoms with Crippen LogP contribution in [-0.4, -0.2) is 61.9 Å². The van der Waals surface area contributed by atoms with E-state index in [1.54, 1.807) is 0 Å². The van der Waals surface area contributed by atoms with Crippen LogP contribution in [0.3, 0.4) is 0 Å². The van der Waals surface area contributed by atoms with E-state index < -0.39 is 80.1 Å². The van der Waals surface area contributed by atoms with Gasteiger partial charge in [0.15, 0.2) is 0 Å². The van der Waals surface area contributed by atoms with E-state index in [0.29, 0.717) is 0 Å². The van der Waals surface area contributed by atoms with Crippen LogP contribution in [0.5, 0.6) is 0 Å². The Balaban J connectivity index is 0.00000711. The van der Waals surface area contributed by atoms with Crippen molar-refractivity contribution in [3.8, 4) is 44.5 Å². The van der Waals surface area contributed by atoms with Crippen molar-refractivity contribution in [2.24, 2.45) is 0 Å².